The Morgan fingerprint density at radius 3 is 2.31 bits per heavy atom. The van der Waals surface area contributed by atoms with E-state index in [0.29, 0.717) is 18.6 Å². The molecule has 1 fully saturated rings. The molecule has 1 rings (SSSR count). The van der Waals surface area contributed by atoms with E-state index in [1.807, 2.05) is 0 Å². The van der Waals surface area contributed by atoms with E-state index in [2.05, 4.69) is 36.0 Å². The van der Waals surface area contributed by atoms with Crippen molar-refractivity contribution in [3.8, 4) is 0 Å². The molecule has 3 unspecified atom stereocenters. The molecule has 1 aliphatic rings. The monoisotopic (exact) mass is 228 g/mol. The number of carbonyl (C=O) groups excluding carboxylic acids is 1. The molecule has 0 aromatic rings. The maximum Gasteiger partial charge on any atom is 0.235 e. The van der Waals surface area contributed by atoms with E-state index in [1.54, 1.807) is 7.05 Å². The van der Waals surface area contributed by atoms with Gasteiger partial charge >= 0.3 is 0 Å². The molecule has 0 aromatic carbocycles. The minimum absolute atomic E-state index is 0.247. The first-order valence-corrected chi connectivity index (χ1v) is 5.86. The number of nitrogens with two attached hydrogens (primary N) is 1. The van der Waals surface area contributed by atoms with Gasteiger partial charge in [0.15, 0.2) is 0 Å². The van der Waals surface area contributed by atoms with Gasteiger partial charge in [0.05, 0.1) is 6.04 Å². The normalized spacial score (nSPS) is 30.2. The van der Waals surface area contributed by atoms with E-state index < -0.39 is 0 Å². The number of hydrogen-bond donors (Lipinski definition) is 2. The van der Waals surface area contributed by atoms with Crippen LogP contribution in [0.4, 0.5) is 0 Å². The third-order valence-corrected chi connectivity index (χ3v) is 3.57. The summed E-state index contributed by atoms with van der Waals surface area (Å²) in [5.74, 6) is -0.276. The zero-order chi connectivity index (χ0) is 12.3. The van der Waals surface area contributed by atoms with E-state index >= 15 is 0 Å². The third kappa shape index (κ3) is 3.17. The van der Waals surface area contributed by atoms with Gasteiger partial charge in [0.2, 0.25) is 5.91 Å². The molecule has 3 N–H and O–H groups in total. The fourth-order valence-electron chi connectivity index (χ4n) is 2.24. The summed E-state index contributed by atoms with van der Waals surface area (Å²) in [4.78, 5) is 15.8. The van der Waals surface area contributed by atoms with Crippen molar-refractivity contribution >= 4 is 5.91 Å². The first-order chi connectivity index (χ1) is 7.45. The van der Waals surface area contributed by atoms with Crippen molar-refractivity contribution in [3.63, 3.8) is 0 Å². The highest BCUT2D eigenvalue weighted by Gasteiger charge is 2.28. The first kappa shape index (κ1) is 13.4. The standard InChI is InChI=1S/C11H24N4O/c1-8-5-15(6-9(2)14(8)4)7-10(13-3)11(12)16/h8-10,13H,5-7H2,1-4H3,(H2,12,16). The van der Waals surface area contributed by atoms with E-state index in [-0.39, 0.29) is 11.9 Å². The van der Waals surface area contributed by atoms with Gasteiger partial charge in [0.1, 0.15) is 0 Å². The predicted octanol–water partition coefficient (Wildman–Crippen LogP) is -0.916. The molecule has 1 heterocycles. The Hall–Kier alpha value is -0.650. The quantitative estimate of drug-likeness (QED) is 0.653. The molecule has 0 saturated carbocycles. The lowest BCUT2D eigenvalue weighted by Gasteiger charge is -2.43. The number of nitrogens with zero attached hydrogens (tertiary/aromatic N) is 2. The number of carbonyl (C=O) groups is 1. The largest absolute Gasteiger partial charge is 0.368 e. The van der Waals surface area contributed by atoms with Crippen molar-refractivity contribution in [1.82, 2.24) is 15.1 Å². The zero-order valence-electron chi connectivity index (χ0n) is 10.7. The average molecular weight is 228 g/mol. The molecule has 0 aromatic heterocycles. The fraction of sp³-hybridized carbons (Fsp3) is 0.909. The highest BCUT2D eigenvalue weighted by atomic mass is 16.1. The summed E-state index contributed by atoms with van der Waals surface area (Å²) in [6.45, 7) is 7.11. The SMILES string of the molecule is CNC(CN1CC(C)N(C)C(C)C1)C(N)=O. The molecule has 5 nitrogen and oxygen atoms in total. The van der Waals surface area contributed by atoms with E-state index in [4.69, 9.17) is 5.73 Å². The molecule has 0 spiro atoms. The number of hydrogen-bond acceptors (Lipinski definition) is 4. The van der Waals surface area contributed by atoms with Gasteiger partial charge in [-0.05, 0) is 27.9 Å². The number of likely N-dealkylation sites (N-methyl/N-ethyl adjacent to an activating group) is 2. The van der Waals surface area contributed by atoms with Gasteiger partial charge in [-0.1, -0.05) is 0 Å². The Balaban J connectivity index is 2.52. The topological polar surface area (TPSA) is 61.6 Å². The van der Waals surface area contributed by atoms with E-state index in [1.165, 1.54) is 0 Å². The Bertz CT molecular complexity index is 234. The summed E-state index contributed by atoms with van der Waals surface area (Å²) in [6.07, 6.45) is 0. The van der Waals surface area contributed by atoms with Crippen LogP contribution in [-0.2, 0) is 4.79 Å². The maximum atomic E-state index is 11.2. The van der Waals surface area contributed by atoms with Gasteiger partial charge < -0.3 is 11.1 Å². The number of amides is 1. The molecule has 94 valence electrons. The Labute approximate surface area is 98.0 Å². The van der Waals surface area contributed by atoms with Crippen LogP contribution >= 0.6 is 0 Å². The zero-order valence-corrected chi connectivity index (χ0v) is 10.7. The summed E-state index contributed by atoms with van der Waals surface area (Å²) in [5, 5.41) is 2.96. The fourth-order valence-corrected chi connectivity index (χ4v) is 2.24. The van der Waals surface area contributed by atoms with Crippen LogP contribution in [0.1, 0.15) is 13.8 Å². The molecular weight excluding hydrogens is 204 g/mol. The van der Waals surface area contributed by atoms with Crippen LogP contribution in [0.25, 0.3) is 0 Å². The van der Waals surface area contributed by atoms with Gasteiger partial charge in [-0.25, -0.2) is 0 Å². The Kier molecular flexibility index (Phi) is 4.70. The average Bonchev–Trinajstić information content (AvgIpc) is 2.21. The summed E-state index contributed by atoms with van der Waals surface area (Å²) < 4.78 is 0. The van der Waals surface area contributed by atoms with Crippen molar-refractivity contribution in [2.75, 3.05) is 33.7 Å². The second-order valence-corrected chi connectivity index (χ2v) is 4.83. The first-order valence-electron chi connectivity index (χ1n) is 5.86. The Morgan fingerprint density at radius 1 is 1.44 bits per heavy atom. The van der Waals surface area contributed by atoms with Gasteiger partial charge in [-0.3, -0.25) is 14.6 Å². The van der Waals surface area contributed by atoms with Gasteiger partial charge in [-0.15, -0.1) is 0 Å². The molecule has 1 aliphatic heterocycles. The predicted molar refractivity (Wildman–Crippen MR) is 65.2 cm³/mol. The van der Waals surface area contributed by atoms with Crippen LogP contribution in [0.3, 0.4) is 0 Å². The van der Waals surface area contributed by atoms with Crippen LogP contribution in [0.5, 0.6) is 0 Å². The Morgan fingerprint density at radius 2 is 1.94 bits per heavy atom. The molecule has 3 atom stereocenters. The minimum Gasteiger partial charge on any atom is -0.368 e. The highest BCUT2D eigenvalue weighted by molar-refractivity contribution is 5.80. The molecule has 0 aliphatic carbocycles. The van der Waals surface area contributed by atoms with E-state index in [0.717, 1.165) is 13.1 Å². The maximum absolute atomic E-state index is 11.2. The van der Waals surface area contributed by atoms with Crippen molar-refractivity contribution in [3.05, 3.63) is 0 Å². The number of rotatable bonds is 4. The molecular formula is C11H24N4O. The minimum atomic E-state index is -0.276. The van der Waals surface area contributed by atoms with Crippen LogP contribution in [-0.4, -0.2) is 67.6 Å². The summed E-state index contributed by atoms with van der Waals surface area (Å²) in [5.41, 5.74) is 5.32. The van der Waals surface area contributed by atoms with Gasteiger partial charge in [0.25, 0.3) is 0 Å². The summed E-state index contributed by atoms with van der Waals surface area (Å²) in [6, 6.07) is 0.797. The van der Waals surface area contributed by atoms with Crippen molar-refractivity contribution in [1.29, 1.82) is 0 Å². The highest BCUT2D eigenvalue weighted by Crippen LogP contribution is 2.13. The summed E-state index contributed by atoms with van der Waals surface area (Å²) in [7, 11) is 3.93. The lowest BCUT2D eigenvalue weighted by Crippen LogP contribution is -2.58. The van der Waals surface area contributed by atoms with Crippen molar-refractivity contribution in [2.45, 2.75) is 32.0 Å². The molecule has 0 bridgehead atoms. The van der Waals surface area contributed by atoms with Crippen LogP contribution in [0, 0.1) is 0 Å². The molecule has 16 heavy (non-hydrogen) atoms. The van der Waals surface area contributed by atoms with Gasteiger partial charge in [-0.2, -0.15) is 0 Å². The van der Waals surface area contributed by atoms with Crippen LogP contribution < -0.4 is 11.1 Å². The lowest BCUT2D eigenvalue weighted by molar-refractivity contribution is -0.120. The second kappa shape index (κ2) is 5.61. The molecule has 5 heteroatoms. The van der Waals surface area contributed by atoms with Crippen molar-refractivity contribution < 1.29 is 4.79 Å². The number of piperazine rings is 1. The van der Waals surface area contributed by atoms with E-state index in [9.17, 15) is 4.79 Å². The van der Waals surface area contributed by atoms with Crippen LogP contribution in [0.2, 0.25) is 0 Å². The van der Waals surface area contributed by atoms with Gasteiger partial charge in [0, 0.05) is 31.7 Å². The molecule has 0 radical (unpaired) electrons. The second-order valence-electron chi connectivity index (χ2n) is 4.83. The number of nitrogens with one attached hydrogen (secondary N) is 1. The number of primary amides is 1. The molecule has 1 saturated heterocycles. The van der Waals surface area contributed by atoms with Crippen molar-refractivity contribution in [2.24, 2.45) is 5.73 Å². The molecule has 1 amide bonds. The van der Waals surface area contributed by atoms with Crippen LogP contribution in [0.15, 0.2) is 0 Å². The summed E-state index contributed by atoms with van der Waals surface area (Å²) >= 11 is 0. The lowest BCUT2D eigenvalue weighted by atomic mass is 10.1. The third-order valence-electron chi connectivity index (χ3n) is 3.57. The smallest absolute Gasteiger partial charge is 0.235 e.